The molecule has 0 unspecified atom stereocenters. The maximum absolute atomic E-state index is 16.2. The van der Waals surface area contributed by atoms with Gasteiger partial charge in [0.2, 0.25) is 10.9 Å². The van der Waals surface area contributed by atoms with Crippen LogP contribution in [0.5, 0.6) is 0 Å². The van der Waals surface area contributed by atoms with E-state index in [4.69, 9.17) is 0 Å². The Hall–Kier alpha value is -1.46. The predicted octanol–water partition coefficient (Wildman–Crippen LogP) is 0.646. The maximum atomic E-state index is 16.2. The molecule has 5 aliphatic rings. The van der Waals surface area contributed by atoms with Gasteiger partial charge in [-0.05, 0) is 6.07 Å². The van der Waals surface area contributed by atoms with Crippen molar-refractivity contribution in [1.82, 2.24) is 9.80 Å². The lowest BCUT2D eigenvalue weighted by atomic mass is 9.92. The van der Waals surface area contributed by atoms with E-state index in [9.17, 15) is 18.0 Å². The Kier molecular flexibility index (Phi) is 2.92. The van der Waals surface area contributed by atoms with Crippen LogP contribution in [-0.2, 0) is 26.1 Å². The van der Waals surface area contributed by atoms with Gasteiger partial charge in [-0.1, -0.05) is 39.8 Å². The summed E-state index contributed by atoms with van der Waals surface area (Å²) in [5.74, 6) is -0.782. The van der Waals surface area contributed by atoms with Crippen LogP contribution in [0.1, 0.15) is 12.0 Å². The van der Waals surface area contributed by atoms with Crippen molar-refractivity contribution < 1.29 is 22.4 Å². The van der Waals surface area contributed by atoms with Gasteiger partial charge in [0.1, 0.15) is 0 Å². The quantitative estimate of drug-likeness (QED) is 0.550. The number of fused-ring (bicyclic) bond motifs is 5. The summed E-state index contributed by atoms with van der Waals surface area (Å²) >= 11 is 0. The first-order chi connectivity index (χ1) is 11.8. The fraction of sp³-hybridized carbons (Fsp3) is 0.429. The Bertz CT molecular complexity index is 918. The van der Waals surface area contributed by atoms with E-state index in [1.54, 1.807) is 12.1 Å². The van der Waals surface area contributed by atoms with E-state index in [2.05, 4.69) is 0 Å². The highest BCUT2D eigenvalue weighted by molar-refractivity contribution is 8.78. The molecule has 1 aromatic rings. The third-order valence-electron chi connectivity index (χ3n) is 5.28. The van der Waals surface area contributed by atoms with Crippen molar-refractivity contribution in [2.75, 3.05) is 11.4 Å². The highest BCUT2D eigenvalue weighted by Gasteiger charge is 2.77. The van der Waals surface area contributed by atoms with Crippen molar-refractivity contribution in [2.24, 2.45) is 0 Å². The summed E-state index contributed by atoms with van der Waals surface area (Å²) in [6.45, 7) is 0. The Balaban J connectivity index is 1.78. The summed E-state index contributed by atoms with van der Waals surface area (Å²) in [4.78, 5) is 26.9. The van der Waals surface area contributed by atoms with Crippen LogP contribution in [0.15, 0.2) is 24.3 Å². The molecule has 0 aliphatic carbocycles. The second-order valence-electron chi connectivity index (χ2n) is 6.45. The SMILES string of the molecule is CN1C(=O)[C@]23C[C@]4(F)c5ccccc5N([SH](=O)=O)[C@@H]4N2C(=O)[C@H]1SS3. The number of hydrogen-bond acceptors (Lipinski definition) is 6. The van der Waals surface area contributed by atoms with Crippen LogP contribution in [0, 0.1) is 0 Å². The summed E-state index contributed by atoms with van der Waals surface area (Å²) in [6.07, 6.45) is -1.62. The van der Waals surface area contributed by atoms with Crippen molar-refractivity contribution in [2.45, 2.75) is 28.5 Å². The van der Waals surface area contributed by atoms with E-state index in [1.165, 1.54) is 39.8 Å². The van der Waals surface area contributed by atoms with Gasteiger partial charge >= 0.3 is 0 Å². The number of para-hydroxylation sites is 1. The zero-order chi connectivity index (χ0) is 17.7. The molecule has 132 valence electrons. The zero-order valence-corrected chi connectivity index (χ0v) is 15.3. The Morgan fingerprint density at radius 2 is 2.00 bits per heavy atom. The number of halogens is 1. The molecule has 1 spiro atoms. The molecule has 4 atom stereocenters. The molecule has 7 nitrogen and oxygen atoms in total. The van der Waals surface area contributed by atoms with E-state index in [0.717, 1.165) is 15.1 Å². The minimum atomic E-state index is -3.18. The van der Waals surface area contributed by atoms with E-state index >= 15 is 4.39 Å². The van der Waals surface area contributed by atoms with E-state index in [1.807, 2.05) is 0 Å². The molecular weight excluding hydrogens is 389 g/mol. The summed E-state index contributed by atoms with van der Waals surface area (Å²) in [5.41, 5.74) is -1.68. The second kappa shape index (κ2) is 4.63. The Morgan fingerprint density at radius 1 is 1.28 bits per heavy atom. The molecule has 11 heteroatoms. The monoisotopic (exact) mass is 401 g/mol. The molecule has 0 radical (unpaired) electrons. The summed E-state index contributed by atoms with van der Waals surface area (Å²) in [6, 6.07) is 6.30. The Morgan fingerprint density at radius 3 is 2.72 bits per heavy atom. The molecule has 5 heterocycles. The van der Waals surface area contributed by atoms with Crippen LogP contribution in [0.2, 0.25) is 0 Å². The lowest BCUT2D eigenvalue weighted by Gasteiger charge is -2.52. The van der Waals surface area contributed by atoms with Gasteiger partial charge in [-0.25, -0.2) is 17.1 Å². The number of alkyl halides is 1. The van der Waals surface area contributed by atoms with Crippen LogP contribution in [0.25, 0.3) is 0 Å². The first-order valence-corrected chi connectivity index (χ1v) is 10.8. The number of thiol groups is 1. The number of carbonyl (C=O) groups is 2. The number of hydrogen-bond donors (Lipinski definition) is 1. The lowest BCUT2D eigenvalue weighted by molar-refractivity contribution is -0.158. The molecule has 25 heavy (non-hydrogen) atoms. The number of likely N-dealkylation sites (N-methyl/N-ethyl adjacent to an activating group) is 1. The van der Waals surface area contributed by atoms with Crippen molar-refractivity contribution in [1.29, 1.82) is 0 Å². The van der Waals surface area contributed by atoms with Crippen LogP contribution in [-0.4, -0.2) is 53.5 Å². The average molecular weight is 401 g/mol. The van der Waals surface area contributed by atoms with Crippen LogP contribution >= 0.6 is 21.6 Å². The smallest absolute Gasteiger partial charge is 0.261 e. The summed E-state index contributed by atoms with van der Waals surface area (Å²) < 4.78 is 41.0. The lowest BCUT2D eigenvalue weighted by Crippen LogP contribution is -2.71. The van der Waals surface area contributed by atoms with Gasteiger partial charge in [0.25, 0.3) is 11.8 Å². The van der Waals surface area contributed by atoms with Crippen LogP contribution in [0.4, 0.5) is 10.1 Å². The fourth-order valence-electron chi connectivity index (χ4n) is 4.28. The number of rotatable bonds is 1. The number of piperazine rings is 1. The van der Waals surface area contributed by atoms with Gasteiger partial charge in [0.05, 0.1) is 5.69 Å². The number of amides is 2. The fourth-order valence-corrected chi connectivity index (χ4v) is 8.54. The minimum Gasteiger partial charge on any atom is -0.322 e. The van der Waals surface area contributed by atoms with Gasteiger partial charge in [-0.2, -0.15) is 0 Å². The molecule has 1 aromatic carbocycles. The third-order valence-corrected chi connectivity index (χ3v) is 9.31. The van der Waals surface area contributed by atoms with Crippen molar-refractivity contribution in [3.8, 4) is 0 Å². The van der Waals surface area contributed by atoms with Crippen LogP contribution in [0.3, 0.4) is 0 Å². The highest BCUT2D eigenvalue weighted by atomic mass is 33.1. The molecule has 4 saturated heterocycles. The molecule has 0 aromatic heterocycles. The summed E-state index contributed by atoms with van der Waals surface area (Å²) in [5, 5.41) is -0.767. The van der Waals surface area contributed by atoms with E-state index in [-0.39, 0.29) is 23.6 Å². The van der Waals surface area contributed by atoms with E-state index < -0.39 is 38.9 Å². The number of nitrogens with zero attached hydrogens (tertiary/aromatic N) is 3. The van der Waals surface area contributed by atoms with Crippen molar-refractivity contribution in [3.63, 3.8) is 0 Å². The zero-order valence-electron chi connectivity index (χ0n) is 12.8. The second-order valence-corrected chi connectivity index (χ2v) is 9.92. The normalized spacial score (nSPS) is 38.4. The first-order valence-electron chi connectivity index (χ1n) is 7.50. The minimum absolute atomic E-state index is 0.209. The maximum Gasteiger partial charge on any atom is 0.261 e. The molecule has 0 saturated carbocycles. The molecule has 0 N–H and O–H groups in total. The van der Waals surface area contributed by atoms with Crippen LogP contribution < -0.4 is 4.31 Å². The van der Waals surface area contributed by atoms with Gasteiger partial charge in [-0.3, -0.25) is 14.5 Å². The van der Waals surface area contributed by atoms with Gasteiger partial charge in [-0.15, -0.1) is 0 Å². The molecule has 2 bridgehead atoms. The highest BCUT2D eigenvalue weighted by Crippen LogP contribution is 2.67. The largest absolute Gasteiger partial charge is 0.322 e. The molecule has 2 amide bonds. The van der Waals surface area contributed by atoms with Gasteiger partial charge < -0.3 is 4.90 Å². The van der Waals surface area contributed by atoms with Gasteiger partial charge in [0.15, 0.2) is 22.1 Å². The number of carbonyl (C=O) groups excluding carboxylic acids is 2. The van der Waals surface area contributed by atoms with Crippen molar-refractivity contribution in [3.05, 3.63) is 29.8 Å². The standard InChI is InChI=1S/C14H12FN3O4S3/c1-16-10-9(19)17-11-13(15,6-14(17,12(16)20)24-23-10)7-4-2-3-5-8(7)18(11)25(21)22/h2-5,10-11,25H,6H2,1H3/t10-,11+,13+,14-/m1/s1. The van der Waals surface area contributed by atoms with Gasteiger partial charge in [0, 0.05) is 19.0 Å². The first kappa shape index (κ1) is 15.8. The topological polar surface area (TPSA) is 78.0 Å². The Labute approximate surface area is 152 Å². The molecule has 6 rings (SSSR count). The van der Waals surface area contributed by atoms with Crippen molar-refractivity contribution >= 4 is 50.0 Å². The van der Waals surface area contributed by atoms with E-state index in [0.29, 0.717) is 0 Å². The third kappa shape index (κ3) is 1.58. The molecule has 5 aliphatic heterocycles. The molecular formula is C14H12FN3O4S3. The predicted molar refractivity (Wildman–Crippen MR) is 91.7 cm³/mol. The summed E-state index contributed by atoms with van der Waals surface area (Å²) in [7, 11) is 0.721. The average Bonchev–Trinajstić information content (AvgIpc) is 2.98. The number of anilines is 1. The molecule has 4 fully saturated rings. The number of benzene rings is 1.